The Hall–Kier alpha value is -0.810. The van der Waals surface area contributed by atoms with Crippen molar-refractivity contribution in [3.05, 3.63) is 0 Å². The summed E-state index contributed by atoms with van der Waals surface area (Å²) in [6, 6.07) is 0. The number of methoxy groups -OCH3 is 1. The van der Waals surface area contributed by atoms with Gasteiger partial charge in [-0.3, -0.25) is 4.99 Å². The number of ether oxygens (including phenoxy) is 2. The van der Waals surface area contributed by atoms with E-state index in [4.69, 9.17) is 9.47 Å². The molecule has 0 rings (SSSR count). The van der Waals surface area contributed by atoms with Gasteiger partial charge in [0.25, 0.3) is 0 Å². The van der Waals surface area contributed by atoms with E-state index in [0.717, 1.165) is 25.6 Å². The average molecular weight is 301 g/mol. The van der Waals surface area contributed by atoms with Crippen LogP contribution in [0.3, 0.4) is 0 Å². The fraction of sp³-hybridized carbons (Fsp3) is 0.938. The summed E-state index contributed by atoms with van der Waals surface area (Å²) in [5, 5.41) is 6.59. The van der Waals surface area contributed by atoms with Crippen molar-refractivity contribution in [1.82, 2.24) is 10.6 Å². The van der Waals surface area contributed by atoms with E-state index in [9.17, 15) is 0 Å². The predicted molar refractivity (Wildman–Crippen MR) is 90.0 cm³/mol. The molecule has 0 aromatic rings. The van der Waals surface area contributed by atoms with Gasteiger partial charge in [0.15, 0.2) is 5.96 Å². The molecule has 0 spiro atoms. The van der Waals surface area contributed by atoms with Gasteiger partial charge in [-0.25, -0.2) is 0 Å². The number of guanidine groups is 1. The molecule has 0 saturated carbocycles. The lowest BCUT2D eigenvalue weighted by molar-refractivity contribution is 0.0733. The minimum atomic E-state index is 0.640. The van der Waals surface area contributed by atoms with E-state index >= 15 is 0 Å². The molecule has 0 amide bonds. The summed E-state index contributed by atoms with van der Waals surface area (Å²) >= 11 is 0. The van der Waals surface area contributed by atoms with Crippen LogP contribution in [0, 0.1) is 5.92 Å². The van der Waals surface area contributed by atoms with Crippen molar-refractivity contribution in [3.8, 4) is 0 Å². The lowest BCUT2D eigenvalue weighted by atomic mass is 10.00. The van der Waals surface area contributed by atoms with Gasteiger partial charge in [-0.15, -0.1) is 0 Å². The highest BCUT2D eigenvalue weighted by atomic mass is 16.5. The van der Waals surface area contributed by atoms with Gasteiger partial charge >= 0.3 is 0 Å². The first-order valence-corrected chi connectivity index (χ1v) is 8.37. The number of nitrogens with zero attached hydrogens (tertiary/aromatic N) is 1. The first-order valence-electron chi connectivity index (χ1n) is 8.37. The van der Waals surface area contributed by atoms with Crippen molar-refractivity contribution in [3.63, 3.8) is 0 Å². The van der Waals surface area contributed by atoms with E-state index in [1.54, 1.807) is 7.11 Å². The lowest BCUT2D eigenvalue weighted by Crippen LogP contribution is -2.39. The van der Waals surface area contributed by atoms with Crippen molar-refractivity contribution in [2.75, 3.05) is 46.6 Å². The van der Waals surface area contributed by atoms with Gasteiger partial charge in [0, 0.05) is 26.7 Å². The first kappa shape index (κ1) is 20.2. The van der Waals surface area contributed by atoms with Gasteiger partial charge in [-0.1, -0.05) is 33.1 Å². The summed E-state index contributed by atoms with van der Waals surface area (Å²) in [5.41, 5.74) is 0. The van der Waals surface area contributed by atoms with Crippen LogP contribution in [0.5, 0.6) is 0 Å². The Kier molecular flexibility index (Phi) is 15.0. The molecule has 1 unspecified atom stereocenters. The second-order valence-corrected chi connectivity index (χ2v) is 5.17. The van der Waals surface area contributed by atoms with Crippen LogP contribution in [0.15, 0.2) is 4.99 Å². The van der Waals surface area contributed by atoms with Crippen LogP contribution < -0.4 is 10.6 Å². The first-order chi connectivity index (χ1) is 10.3. The molecule has 1 atom stereocenters. The molecule has 0 aliphatic carbocycles. The minimum Gasteiger partial charge on any atom is -0.382 e. The topological polar surface area (TPSA) is 54.9 Å². The maximum atomic E-state index is 5.43. The quantitative estimate of drug-likeness (QED) is 0.312. The highest BCUT2D eigenvalue weighted by Crippen LogP contribution is 2.12. The Balaban J connectivity index is 3.98. The van der Waals surface area contributed by atoms with E-state index in [0.29, 0.717) is 25.7 Å². The van der Waals surface area contributed by atoms with Crippen molar-refractivity contribution in [2.45, 2.75) is 46.5 Å². The van der Waals surface area contributed by atoms with Crippen LogP contribution in [-0.4, -0.2) is 52.5 Å². The second kappa shape index (κ2) is 15.6. The fourth-order valence-electron chi connectivity index (χ4n) is 1.97. The molecule has 0 bridgehead atoms. The molecule has 5 nitrogen and oxygen atoms in total. The highest BCUT2D eigenvalue weighted by Gasteiger charge is 2.05. The second-order valence-electron chi connectivity index (χ2n) is 5.17. The molecular weight excluding hydrogens is 266 g/mol. The number of hydrogen-bond donors (Lipinski definition) is 2. The van der Waals surface area contributed by atoms with Crippen molar-refractivity contribution in [2.24, 2.45) is 10.9 Å². The molecule has 0 aromatic carbocycles. The number of nitrogens with one attached hydrogen (secondary N) is 2. The predicted octanol–water partition coefficient (Wildman–Crippen LogP) is 2.42. The Morgan fingerprint density at radius 3 is 2.52 bits per heavy atom. The maximum Gasteiger partial charge on any atom is 0.191 e. The SMILES string of the molecule is CCCCC(CC)CN=C(NCC)NCCOCCOC. The normalized spacial score (nSPS) is 13.2. The van der Waals surface area contributed by atoms with E-state index in [-0.39, 0.29) is 0 Å². The third-order valence-electron chi connectivity index (χ3n) is 3.37. The Morgan fingerprint density at radius 1 is 1.10 bits per heavy atom. The summed E-state index contributed by atoms with van der Waals surface area (Å²) in [5.74, 6) is 1.58. The third kappa shape index (κ3) is 12.6. The number of rotatable bonds is 13. The molecule has 0 heterocycles. The molecule has 0 fully saturated rings. The summed E-state index contributed by atoms with van der Waals surface area (Å²) in [6.45, 7) is 11.1. The van der Waals surface area contributed by atoms with Gasteiger partial charge in [-0.2, -0.15) is 0 Å². The molecule has 0 aliphatic rings. The van der Waals surface area contributed by atoms with Gasteiger partial charge in [-0.05, 0) is 19.3 Å². The number of hydrogen-bond acceptors (Lipinski definition) is 3. The van der Waals surface area contributed by atoms with E-state index in [2.05, 4.69) is 36.4 Å². The molecular formula is C16H35N3O2. The number of aliphatic imine (C=N–C) groups is 1. The largest absolute Gasteiger partial charge is 0.382 e. The molecule has 126 valence electrons. The molecule has 0 saturated heterocycles. The Labute approximate surface area is 130 Å². The average Bonchev–Trinajstić information content (AvgIpc) is 2.50. The lowest BCUT2D eigenvalue weighted by Gasteiger charge is -2.15. The van der Waals surface area contributed by atoms with Crippen LogP contribution in [0.1, 0.15) is 46.5 Å². The van der Waals surface area contributed by atoms with Crippen molar-refractivity contribution >= 4 is 5.96 Å². The standard InChI is InChI=1S/C16H35N3O2/c1-5-8-9-15(6-2)14-19-16(17-7-3)18-10-11-21-13-12-20-4/h15H,5-14H2,1-4H3,(H2,17,18,19). The zero-order valence-corrected chi connectivity index (χ0v) is 14.4. The van der Waals surface area contributed by atoms with Gasteiger partial charge < -0.3 is 20.1 Å². The molecule has 0 aliphatic heterocycles. The van der Waals surface area contributed by atoms with E-state index in [1.165, 1.54) is 25.7 Å². The summed E-state index contributed by atoms with van der Waals surface area (Å²) in [7, 11) is 1.68. The monoisotopic (exact) mass is 301 g/mol. The zero-order valence-electron chi connectivity index (χ0n) is 14.4. The van der Waals surface area contributed by atoms with Gasteiger partial charge in [0.2, 0.25) is 0 Å². The summed E-state index contributed by atoms with van der Waals surface area (Å²) in [4.78, 5) is 4.69. The Bertz CT molecular complexity index is 248. The number of unbranched alkanes of at least 4 members (excludes halogenated alkanes) is 1. The van der Waals surface area contributed by atoms with Gasteiger partial charge in [0.1, 0.15) is 0 Å². The van der Waals surface area contributed by atoms with Crippen molar-refractivity contribution in [1.29, 1.82) is 0 Å². The van der Waals surface area contributed by atoms with Crippen LogP contribution in [-0.2, 0) is 9.47 Å². The third-order valence-corrected chi connectivity index (χ3v) is 3.37. The molecule has 21 heavy (non-hydrogen) atoms. The van der Waals surface area contributed by atoms with Crippen LogP contribution in [0.25, 0.3) is 0 Å². The molecule has 2 N–H and O–H groups in total. The minimum absolute atomic E-state index is 0.640. The summed E-state index contributed by atoms with van der Waals surface area (Å²) < 4.78 is 10.4. The van der Waals surface area contributed by atoms with Crippen molar-refractivity contribution < 1.29 is 9.47 Å². The smallest absolute Gasteiger partial charge is 0.191 e. The highest BCUT2D eigenvalue weighted by molar-refractivity contribution is 5.79. The molecule has 0 radical (unpaired) electrons. The molecule has 5 heteroatoms. The summed E-state index contributed by atoms with van der Waals surface area (Å²) in [6.07, 6.45) is 5.03. The van der Waals surface area contributed by atoms with E-state index < -0.39 is 0 Å². The van der Waals surface area contributed by atoms with Crippen LogP contribution in [0.4, 0.5) is 0 Å². The van der Waals surface area contributed by atoms with E-state index in [1.807, 2.05) is 0 Å². The fourth-order valence-corrected chi connectivity index (χ4v) is 1.97. The Morgan fingerprint density at radius 2 is 1.90 bits per heavy atom. The van der Waals surface area contributed by atoms with Gasteiger partial charge in [0.05, 0.1) is 19.8 Å². The van der Waals surface area contributed by atoms with Crippen LogP contribution in [0.2, 0.25) is 0 Å². The maximum absolute atomic E-state index is 5.43. The van der Waals surface area contributed by atoms with Crippen LogP contribution >= 0.6 is 0 Å². The molecule has 0 aromatic heterocycles. The zero-order chi connectivity index (χ0) is 15.8.